The van der Waals surface area contributed by atoms with Crippen molar-refractivity contribution in [3.63, 3.8) is 0 Å². The van der Waals surface area contributed by atoms with Gasteiger partial charge in [0.05, 0.1) is 6.61 Å². The van der Waals surface area contributed by atoms with Crippen molar-refractivity contribution in [1.29, 1.82) is 0 Å². The van der Waals surface area contributed by atoms with Gasteiger partial charge in [-0.2, -0.15) is 4.98 Å². The summed E-state index contributed by atoms with van der Waals surface area (Å²) < 4.78 is 5.50. The zero-order valence-electron chi connectivity index (χ0n) is 13.1. The first kappa shape index (κ1) is 15.9. The summed E-state index contributed by atoms with van der Waals surface area (Å²) in [6.45, 7) is -0.406. The van der Waals surface area contributed by atoms with E-state index in [1.54, 1.807) is 0 Å². The largest absolute Gasteiger partial charge is 0.394 e. The zero-order valence-corrected chi connectivity index (χ0v) is 13.1. The Hall–Kier alpha value is -2.59. The van der Waals surface area contributed by atoms with Crippen LogP contribution in [0.2, 0.25) is 0 Å². The van der Waals surface area contributed by atoms with Crippen LogP contribution in [0.5, 0.6) is 0 Å². The number of aliphatic hydroxyl groups is 3. The van der Waals surface area contributed by atoms with E-state index in [1.165, 1.54) is 0 Å². The molecule has 4 rings (SSSR count). The highest BCUT2D eigenvalue weighted by molar-refractivity contribution is 5.88. The van der Waals surface area contributed by atoms with Gasteiger partial charge in [0.25, 0.3) is 0 Å². The lowest BCUT2D eigenvalue weighted by Gasteiger charge is -2.11. The first-order valence-electron chi connectivity index (χ1n) is 7.79. The fourth-order valence-electron chi connectivity index (χ4n) is 3.00. The van der Waals surface area contributed by atoms with E-state index in [4.69, 9.17) is 10.5 Å². The van der Waals surface area contributed by atoms with Gasteiger partial charge in [-0.25, -0.2) is 9.97 Å². The third-order valence-electron chi connectivity index (χ3n) is 4.25. The van der Waals surface area contributed by atoms with Gasteiger partial charge in [-0.05, 0) is 0 Å². The fourth-order valence-corrected chi connectivity index (χ4v) is 3.00. The predicted molar refractivity (Wildman–Crippen MR) is 88.2 cm³/mol. The van der Waals surface area contributed by atoms with Crippen molar-refractivity contribution in [3.8, 4) is 11.3 Å². The number of H-pyrrole nitrogens is 1. The van der Waals surface area contributed by atoms with E-state index in [-0.39, 0.29) is 11.8 Å². The van der Waals surface area contributed by atoms with Gasteiger partial charge in [0, 0.05) is 5.56 Å². The molecule has 0 bridgehead atoms. The summed E-state index contributed by atoms with van der Waals surface area (Å²) in [7, 11) is 0. The van der Waals surface area contributed by atoms with Crippen molar-refractivity contribution in [2.75, 3.05) is 12.3 Å². The number of nitrogens with two attached hydrogens (primary N) is 1. The normalized spacial score (nSPS) is 26.4. The lowest BCUT2D eigenvalue weighted by Crippen LogP contribution is -2.32. The van der Waals surface area contributed by atoms with Crippen LogP contribution in [0.1, 0.15) is 11.9 Å². The Balaban J connectivity index is 1.81. The number of aromatic nitrogens is 4. The van der Waals surface area contributed by atoms with Crippen LogP contribution in [-0.4, -0.2) is 60.2 Å². The van der Waals surface area contributed by atoms with Crippen LogP contribution in [0, 0.1) is 0 Å². The van der Waals surface area contributed by atoms with Gasteiger partial charge in [0.1, 0.15) is 41.5 Å². The lowest BCUT2D eigenvalue weighted by molar-refractivity contribution is -0.0249. The third kappa shape index (κ3) is 2.63. The highest BCUT2D eigenvalue weighted by atomic mass is 16.6. The maximum absolute atomic E-state index is 10.2. The number of anilines is 1. The Kier molecular flexibility index (Phi) is 3.85. The van der Waals surface area contributed by atoms with Crippen molar-refractivity contribution >= 4 is 17.1 Å². The lowest BCUT2D eigenvalue weighted by atomic mass is 10.1. The van der Waals surface area contributed by atoms with E-state index >= 15 is 0 Å². The Morgan fingerprint density at radius 3 is 2.52 bits per heavy atom. The summed E-state index contributed by atoms with van der Waals surface area (Å²) in [4.78, 5) is 15.8. The second kappa shape index (κ2) is 6.05. The second-order valence-corrected chi connectivity index (χ2v) is 5.88. The minimum atomic E-state index is -1.22. The number of aromatic amines is 1. The first-order valence-corrected chi connectivity index (χ1v) is 7.79. The molecule has 1 aliphatic rings. The summed E-state index contributed by atoms with van der Waals surface area (Å²) in [5.41, 5.74) is 8.08. The molecule has 1 fully saturated rings. The van der Waals surface area contributed by atoms with Gasteiger partial charge in [-0.15, -0.1) is 0 Å². The van der Waals surface area contributed by atoms with Crippen LogP contribution >= 0.6 is 0 Å². The van der Waals surface area contributed by atoms with E-state index in [0.717, 1.165) is 5.56 Å². The van der Waals surface area contributed by atoms with Crippen LogP contribution in [-0.2, 0) is 4.74 Å². The summed E-state index contributed by atoms with van der Waals surface area (Å²) in [5, 5.41) is 29.3. The first-order chi connectivity index (χ1) is 12.1. The fraction of sp³-hybridized carbons (Fsp3) is 0.312. The van der Waals surface area contributed by atoms with Crippen molar-refractivity contribution < 1.29 is 20.1 Å². The topological polar surface area (TPSA) is 150 Å². The van der Waals surface area contributed by atoms with Gasteiger partial charge in [0.15, 0.2) is 5.65 Å². The molecule has 130 valence electrons. The second-order valence-electron chi connectivity index (χ2n) is 5.88. The highest BCUT2D eigenvalue weighted by Gasteiger charge is 2.44. The van der Waals surface area contributed by atoms with Gasteiger partial charge in [-0.3, -0.25) is 0 Å². The van der Waals surface area contributed by atoms with E-state index in [2.05, 4.69) is 19.9 Å². The molecule has 9 nitrogen and oxygen atoms in total. The molecule has 4 atom stereocenters. The molecule has 3 heterocycles. The zero-order chi connectivity index (χ0) is 17.6. The number of hydrogen-bond acceptors (Lipinski definition) is 8. The average molecular weight is 343 g/mol. The van der Waals surface area contributed by atoms with Crippen molar-refractivity contribution in [3.05, 3.63) is 36.2 Å². The summed E-state index contributed by atoms with van der Waals surface area (Å²) >= 11 is 0. The van der Waals surface area contributed by atoms with Gasteiger partial charge in [-0.1, -0.05) is 30.3 Å². The molecular weight excluding hydrogens is 326 g/mol. The molecule has 0 amide bonds. The number of ether oxygens (including phenoxy) is 1. The van der Waals surface area contributed by atoms with Crippen LogP contribution in [0.25, 0.3) is 22.4 Å². The van der Waals surface area contributed by atoms with Crippen LogP contribution < -0.4 is 5.73 Å². The maximum Gasteiger partial charge on any atom is 0.222 e. The summed E-state index contributed by atoms with van der Waals surface area (Å²) in [6, 6.07) is 9.41. The van der Waals surface area contributed by atoms with Gasteiger partial charge < -0.3 is 30.8 Å². The Labute approximate surface area is 142 Å². The predicted octanol–water partition coefficient (Wildman–Crippen LogP) is -0.244. The number of hydrogen-bond donors (Lipinski definition) is 5. The SMILES string of the molecule is Nc1nc(-c2ccccc2)c2[nH]c([C@@H]3O[C@H](CO)[C@@H](O)[C@H]3O)nc2n1. The molecule has 9 heteroatoms. The van der Waals surface area contributed by atoms with Crippen molar-refractivity contribution in [1.82, 2.24) is 19.9 Å². The molecular formula is C16H17N5O4. The smallest absolute Gasteiger partial charge is 0.222 e. The monoisotopic (exact) mass is 343 g/mol. The third-order valence-corrected chi connectivity index (χ3v) is 4.25. The number of nitrogen functional groups attached to an aromatic ring is 1. The Bertz CT molecular complexity index is 900. The van der Waals surface area contributed by atoms with Crippen molar-refractivity contribution in [2.45, 2.75) is 24.4 Å². The molecule has 1 saturated heterocycles. The number of rotatable bonds is 3. The minimum absolute atomic E-state index is 0.0746. The maximum atomic E-state index is 10.2. The summed E-state index contributed by atoms with van der Waals surface area (Å²) in [6.07, 6.45) is -4.21. The van der Waals surface area contributed by atoms with E-state index < -0.39 is 31.0 Å². The molecule has 0 unspecified atom stereocenters. The molecule has 0 spiro atoms. The molecule has 1 aromatic carbocycles. The number of benzene rings is 1. The van der Waals surface area contributed by atoms with Gasteiger partial charge in [0.2, 0.25) is 5.95 Å². The van der Waals surface area contributed by atoms with E-state index in [1.807, 2.05) is 30.3 Å². The number of nitrogens with zero attached hydrogens (tertiary/aromatic N) is 3. The Morgan fingerprint density at radius 2 is 1.84 bits per heavy atom. The number of aliphatic hydroxyl groups excluding tert-OH is 3. The van der Waals surface area contributed by atoms with Crippen LogP contribution in [0.4, 0.5) is 5.95 Å². The summed E-state index contributed by atoms with van der Waals surface area (Å²) in [5.74, 6) is 0.361. The number of imidazole rings is 1. The van der Waals surface area contributed by atoms with Crippen LogP contribution in [0.15, 0.2) is 30.3 Å². The molecule has 0 saturated carbocycles. The molecule has 3 aromatic rings. The van der Waals surface area contributed by atoms with E-state index in [9.17, 15) is 15.3 Å². The highest BCUT2D eigenvalue weighted by Crippen LogP contribution is 2.34. The molecule has 25 heavy (non-hydrogen) atoms. The molecule has 2 aromatic heterocycles. The van der Waals surface area contributed by atoms with Crippen molar-refractivity contribution in [2.24, 2.45) is 0 Å². The average Bonchev–Trinajstić information content (AvgIpc) is 3.16. The quantitative estimate of drug-likeness (QED) is 0.437. The minimum Gasteiger partial charge on any atom is -0.394 e. The number of nitrogens with one attached hydrogen (secondary N) is 1. The van der Waals surface area contributed by atoms with Gasteiger partial charge >= 0.3 is 0 Å². The molecule has 0 aliphatic carbocycles. The van der Waals surface area contributed by atoms with E-state index in [0.29, 0.717) is 16.9 Å². The molecule has 6 N–H and O–H groups in total. The molecule has 1 aliphatic heterocycles. The number of fused-ring (bicyclic) bond motifs is 1. The standard InChI is InChI=1S/C16H17N5O4/c17-16-19-9(7-4-2-1-3-5-7)10-14(21-16)20-15(18-10)13-12(24)11(23)8(6-22)25-13/h1-5,8,11-13,22-24H,6H2,(H3,17,18,19,20,21)/t8-,11-,12-,13-/m1/s1. The molecule has 0 radical (unpaired) electrons. The van der Waals surface area contributed by atoms with Crippen LogP contribution in [0.3, 0.4) is 0 Å². The Morgan fingerprint density at radius 1 is 1.08 bits per heavy atom.